The van der Waals surface area contributed by atoms with Gasteiger partial charge in [-0.05, 0) is 48.4 Å². The molecule has 0 saturated carbocycles. The van der Waals surface area contributed by atoms with Crippen LogP contribution in [0.2, 0.25) is 0 Å². The van der Waals surface area contributed by atoms with Gasteiger partial charge in [-0.2, -0.15) is 5.10 Å². The maximum atomic E-state index is 12.9. The molecule has 1 aromatic heterocycles. The summed E-state index contributed by atoms with van der Waals surface area (Å²) in [5.74, 6) is 0.612. The van der Waals surface area contributed by atoms with Gasteiger partial charge in [0.25, 0.3) is 0 Å². The summed E-state index contributed by atoms with van der Waals surface area (Å²) in [5, 5.41) is 6.81. The van der Waals surface area contributed by atoms with E-state index in [-0.39, 0.29) is 5.82 Å². The molecule has 0 spiro atoms. The van der Waals surface area contributed by atoms with Crippen LogP contribution in [0.5, 0.6) is 5.75 Å². The number of hydrazone groups is 1. The summed E-state index contributed by atoms with van der Waals surface area (Å²) in [4.78, 5) is 4.52. The fourth-order valence-corrected chi connectivity index (χ4v) is 2.89. The number of hydrogen-bond donors (Lipinski definition) is 1. The number of aromatic nitrogens is 1. The minimum Gasteiger partial charge on any atom is -0.494 e. The molecule has 0 atom stereocenters. The van der Waals surface area contributed by atoms with Crippen LogP contribution >= 0.6 is 11.3 Å². The molecule has 0 amide bonds. The molecule has 0 unspecified atom stereocenters. The largest absolute Gasteiger partial charge is 0.494 e. The molecule has 6 heteroatoms. The van der Waals surface area contributed by atoms with Crippen LogP contribution in [0.25, 0.3) is 11.3 Å². The monoisotopic (exact) mass is 369 g/mol. The Kier molecular flexibility index (Phi) is 6.33. The van der Waals surface area contributed by atoms with Crippen molar-refractivity contribution < 1.29 is 9.13 Å². The van der Waals surface area contributed by atoms with Crippen LogP contribution in [-0.2, 0) is 0 Å². The van der Waals surface area contributed by atoms with Crippen molar-refractivity contribution in [1.29, 1.82) is 0 Å². The second-order valence-electron chi connectivity index (χ2n) is 5.69. The number of unbranched alkanes of at least 4 members (excludes halogenated alkanes) is 1. The Morgan fingerprint density at radius 2 is 1.92 bits per heavy atom. The molecule has 0 fully saturated rings. The Balaban J connectivity index is 1.57. The fourth-order valence-electron chi connectivity index (χ4n) is 2.22. The minimum absolute atomic E-state index is 0.263. The van der Waals surface area contributed by atoms with Crippen LogP contribution in [0.1, 0.15) is 25.3 Å². The topological polar surface area (TPSA) is 46.5 Å². The van der Waals surface area contributed by atoms with Gasteiger partial charge in [-0.15, -0.1) is 11.3 Å². The van der Waals surface area contributed by atoms with Crippen molar-refractivity contribution in [3.8, 4) is 17.0 Å². The van der Waals surface area contributed by atoms with E-state index in [1.807, 2.05) is 29.6 Å². The highest BCUT2D eigenvalue weighted by Gasteiger charge is 2.04. The lowest BCUT2D eigenvalue weighted by Crippen LogP contribution is -1.95. The Labute approximate surface area is 156 Å². The maximum absolute atomic E-state index is 12.9. The van der Waals surface area contributed by atoms with Crippen LogP contribution < -0.4 is 10.2 Å². The van der Waals surface area contributed by atoms with Gasteiger partial charge >= 0.3 is 0 Å². The Morgan fingerprint density at radius 3 is 2.65 bits per heavy atom. The van der Waals surface area contributed by atoms with Gasteiger partial charge in [-0.25, -0.2) is 9.37 Å². The van der Waals surface area contributed by atoms with Crippen LogP contribution in [0, 0.1) is 5.82 Å². The van der Waals surface area contributed by atoms with E-state index in [0.717, 1.165) is 42.0 Å². The first-order valence-corrected chi connectivity index (χ1v) is 9.36. The third-order valence-corrected chi connectivity index (χ3v) is 4.41. The van der Waals surface area contributed by atoms with E-state index in [1.54, 1.807) is 18.3 Å². The van der Waals surface area contributed by atoms with Gasteiger partial charge in [0.1, 0.15) is 11.6 Å². The Hall–Kier alpha value is -2.73. The number of rotatable bonds is 8. The molecule has 26 heavy (non-hydrogen) atoms. The van der Waals surface area contributed by atoms with Gasteiger partial charge in [0.15, 0.2) is 0 Å². The fraction of sp³-hybridized carbons (Fsp3) is 0.200. The lowest BCUT2D eigenvalue weighted by atomic mass is 10.2. The Morgan fingerprint density at radius 1 is 1.15 bits per heavy atom. The summed E-state index contributed by atoms with van der Waals surface area (Å²) >= 11 is 1.48. The summed E-state index contributed by atoms with van der Waals surface area (Å²) in [5.41, 5.74) is 5.63. The quantitative estimate of drug-likeness (QED) is 0.320. The van der Waals surface area contributed by atoms with Crippen molar-refractivity contribution in [3.05, 3.63) is 65.3 Å². The molecule has 3 aromatic rings. The zero-order chi connectivity index (χ0) is 18.2. The number of benzene rings is 2. The number of nitrogens with zero attached hydrogens (tertiary/aromatic N) is 2. The first-order chi connectivity index (χ1) is 12.7. The second kappa shape index (κ2) is 9.10. The predicted octanol–water partition coefficient (Wildman–Crippen LogP) is 5.57. The maximum Gasteiger partial charge on any atom is 0.203 e. The molecule has 4 nitrogen and oxygen atoms in total. The molecular formula is C20H20FN3OS. The molecule has 0 aliphatic carbocycles. The lowest BCUT2D eigenvalue weighted by Gasteiger charge is -2.05. The normalized spacial score (nSPS) is 11.0. The minimum atomic E-state index is -0.263. The molecule has 2 aromatic carbocycles. The van der Waals surface area contributed by atoms with E-state index in [0.29, 0.717) is 5.13 Å². The highest BCUT2D eigenvalue weighted by atomic mass is 32.1. The standard InChI is InChI=1S/C20H20FN3OS/c1-2-3-12-25-18-10-6-16(7-11-18)19-14-26-20(23-19)24-22-13-15-4-8-17(21)9-5-15/h4-11,13-14H,2-3,12H2,1H3,(H,23,24)/b22-13+. The van der Waals surface area contributed by atoms with Gasteiger partial charge in [0, 0.05) is 10.9 Å². The average Bonchev–Trinajstić information content (AvgIpc) is 3.13. The van der Waals surface area contributed by atoms with Crippen LogP contribution in [0.3, 0.4) is 0 Å². The van der Waals surface area contributed by atoms with E-state index < -0.39 is 0 Å². The molecule has 134 valence electrons. The summed E-state index contributed by atoms with van der Waals surface area (Å²) in [6.07, 6.45) is 3.81. The first-order valence-electron chi connectivity index (χ1n) is 8.48. The average molecular weight is 369 g/mol. The van der Waals surface area contributed by atoms with Gasteiger partial charge in [-0.3, -0.25) is 5.43 Å². The summed E-state index contributed by atoms with van der Waals surface area (Å²) in [7, 11) is 0. The van der Waals surface area contributed by atoms with Gasteiger partial charge < -0.3 is 4.74 Å². The molecule has 0 aliphatic rings. The van der Waals surface area contributed by atoms with E-state index >= 15 is 0 Å². The number of hydrogen-bond acceptors (Lipinski definition) is 5. The van der Waals surface area contributed by atoms with E-state index in [2.05, 4.69) is 22.4 Å². The Bertz CT molecular complexity index is 844. The molecule has 0 aliphatic heterocycles. The number of thiazole rings is 1. The van der Waals surface area contributed by atoms with E-state index in [4.69, 9.17) is 4.74 Å². The molecule has 0 saturated heterocycles. The number of ether oxygens (including phenoxy) is 1. The van der Waals surface area contributed by atoms with Crippen LogP contribution in [-0.4, -0.2) is 17.8 Å². The summed E-state index contributed by atoms with van der Waals surface area (Å²) in [6, 6.07) is 14.1. The molecule has 1 heterocycles. The highest BCUT2D eigenvalue weighted by Crippen LogP contribution is 2.26. The predicted molar refractivity (Wildman–Crippen MR) is 106 cm³/mol. The summed E-state index contributed by atoms with van der Waals surface area (Å²) in [6.45, 7) is 2.89. The third kappa shape index (κ3) is 5.13. The molecule has 0 radical (unpaired) electrons. The van der Waals surface area contributed by atoms with Crippen molar-refractivity contribution in [2.24, 2.45) is 5.10 Å². The lowest BCUT2D eigenvalue weighted by molar-refractivity contribution is 0.309. The number of nitrogens with one attached hydrogen (secondary N) is 1. The van der Waals surface area contributed by atoms with Crippen LogP contribution in [0.15, 0.2) is 59.0 Å². The van der Waals surface area contributed by atoms with Gasteiger partial charge in [0.05, 0.1) is 18.5 Å². The van der Waals surface area contributed by atoms with Gasteiger partial charge in [-0.1, -0.05) is 25.5 Å². The van der Waals surface area contributed by atoms with Crippen LogP contribution in [0.4, 0.5) is 9.52 Å². The van der Waals surface area contributed by atoms with Crippen molar-refractivity contribution in [3.63, 3.8) is 0 Å². The summed E-state index contributed by atoms with van der Waals surface area (Å²) < 4.78 is 18.5. The smallest absolute Gasteiger partial charge is 0.203 e. The second-order valence-corrected chi connectivity index (χ2v) is 6.54. The third-order valence-electron chi connectivity index (χ3n) is 3.66. The van der Waals surface area contributed by atoms with Crippen molar-refractivity contribution in [2.75, 3.05) is 12.0 Å². The SMILES string of the molecule is CCCCOc1ccc(-c2csc(N/N=C/c3ccc(F)cc3)n2)cc1. The highest BCUT2D eigenvalue weighted by molar-refractivity contribution is 7.14. The van der Waals surface area contributed by atoms with Crippen molar-refractivity contribution in [2.45, 2.75) is 19.8 Å². The van der Waals surface area contributed by atoms with E-state index in [1.165, 1.54) is 23.5 Å². The molecule has 3 rings (SSSR count). The number of halogens is 1. The zero-order valence-electron chi connectivity index (χ0n) is 14.5. The molecule has 1 N–H and O–H groups in total. The van der Waals surface area contributed by atoms with E-state index in [9.17, 15) is 4.39 Å². The van der Waals surface area contributed by atoms with Gasteiger partial charge in [0.2, 0.25) is 5.13 Å². The molecule has 0 bridgehead atoms. The molecular weight excluding hydrogens is 349 g/mol. The van der Waals surface area contributed by atoms with Crippen molar-refractivity contribution in [1.82, 2.24) is 4.98 Å². The zero-order valence-corrected chi connectivity index (χ0v) is 15.3. The number of anilines is 1. The first kappa shape index (κ1) is 18.1. The van der Waals surface area contributed by atoms with Crippen molar-refractivity contribution >= 4 is 22.7 Å².